The number of amides is 1. The Hall–Kier alpha value is -2.99. The van der Waals surface area contributed by atoms with Gasteiger partial charge in [-0.15, -0.1) is 11.3 Å². The van der Waals surface area contributed by atoms with Gasteiger partial charge in [0.05, 0.1) is 0 Å². The highest BCUT2D eigenvalue weighted by Crippen LogP contribution is 2.26. The van der Waals surface area contributed by atoms with E-state index in [0.717, 1.165) is 10.1 Å². The summed E-state index contributed by atoms with van der Waals surface area (Å²) in [6.07, 6.45) is -0.903. The third-order valence-electron chi connectivity index (χ3n) is 3.77. The number of anilines is 1. The van der Waals surface area contributed by atoms with Gasteiger partial charge in [-0.05, 0) is 48.7 Å². The minimum atomic E-state index is -0.903. The minimum absolute atomic E-state index is 0.185. The first-order valence-corrected chi connectivity index (χ1v) is 8.87. The van der Waals surface area contributed by atoms with E-state index in [1.54, 1.807) is 37.3 Å². The summed E-state index contributed by atoms with van der Waals surface area (Å²) in [5, 5.41) is 3.60. The molecular weight excluding hydrogens is 350 g/mol. The Labute approximate surface area is 154 Å². The number of rotatable bonds is 5. The van der Waals surface area contributed by atoms with E-state index in [1.807, 2.05) is 24.3 Å². The first-order valence-electron chi connectivity index (χ1n) is 8.05. The van der Waals surface area contributed by atoms with Gasteiger partial charge in [0.25, 0.3) is 0 Å². The van der Waals surface area contributed by atoms with Crippen molar-refractivity contribution in [3.8, 4) is 0 Å². The second-order valence-corrected chi connectivity index (χ2v) is 6.90. The number of carbonyl (C=O) groups is 3. The summed E-state index contributed by atoms with van der Waals surface area (Å²) in [5.74, 6) is -0.995. The van der Waals surface area contributed by atoms with Crippen LogP contribution in [0, 0.1) is 0 Å². The molecular formula is C20H17NO4S. The van der Waals surface area contributed by atoms with E-state index in [4.69, 9.17) is 4.74 Å². The fourth-order valence-electron chi connectivity index (χ4n) is 2.51. The molecule has 0 saturated carbocycles. The zero-order valence-electron chi connectivity index (χ0n) is 14.3. The molecule has 0 saturated heterocycles. The van der Waals surface area contributed by atoms with E-state index in [1.165, 1.54) is 18.3 Å². The average Bonchev–Trinajstić information content (AvgIpc) is 3.05. The number of fused-ring (bicyclic) bond motifs is 1. The molecule has 0 aliphatic heterocycles. The number of ether oxygens (including phenoxy) is 1. The minimum Gasteiger partial charge on any atom is -0.450 e. The molecule has 0 aliphatic rings. The predicted molar refractivity (Wildman–Crippen MR) is 102 cm³/mol. The average molecular weight is 367 g/mol. The molecule has 1 amide bonds. The molecule has 0 bridgehead atoms. The summed E-state index contributed by atoms with van der Waals surface area (Å²) in [7, 11) is 0. The summed E-state index contributed by atoms with van der Waals surface area (Å²) in [4.78, 5) is 36.3. The molecule has 2 aromatic carbocycles. The topological polar surface area (TPSA) is 72.5 Å². The van der Waals surface area contributed by atoms with Crippen molar-refractivity contribution in [2.75, 3.05) is 5.32 Å². The SMILES string of the molecule is CC(=O)Nc1ccc(C(=O)[C@@H](C)OC(=O)c2cc3ccccc3s2)cc1. The van der Waals surface area contributed by atoms with Crippen molar-refractivity contribution in [3.05, 3.63) is 65.0 Å². The second-order valence-electron chi connectivity index (χ2n) is 5.82. The second kappa shape index (κ2) is 7.49. The fraction of sp³-hybridized carbons (Fsp3) is 0.150. The van der Waals surface area contributed by atoms with Gasteiger partial charge in [-0.25, -0.2) is 4.79 Å². The number of carbonyl (C=O) groups excluding carboxylic acids is 3. The molecule has 1 aromatic heterocycles. The number of ketones is 1. The predicted octanol–water partition coefficient (Wildman–Crippen LogP) is 4.29. The Bertz CT molecular complexity index is 942. The van der Waals surface area contributed by atoms with Crippen LogP contribution in [0.15, 0.2) is 54.6 Å². The van der Waals surface area contributed by atoms with Crippen molar-refractivity contribution >= 4 is 44.8 Å². The zero-order valence-corrected chi connectivity index (χ0v) is 15.1. The smallest absolute Gasteiger partial charge is 0.349 e. The number of nitrogens with one attached hydrogen (secondary N) is 1. The van der Waals surface area contributed by atoms with Gasteiger partial charge in [-0.1, -0.05) is 18.2 Å². The van der Waals surface area contributed by atoms with Gasteiger partial charge in [0.2, 0.25) is 11.7 Å². The highest BCUT2D eigenvalue weighted by Gasteiger charge is 2.21. The molecule has 3 aromatic rings. The Morgan fingerprint density at radius 3 is 2.38 bits per heavy atom. The number of hydrogen-bond acceptors (Lipinski definition) is 5. The van der Waals surface area contributed by atoms with Gasteiger partial charge in [-0.2, -0.15) is 0 Å². The van der Waals surface area contributed by atoms with Crippen molar-refractivity contribution in [1.29, 1.82) is 0 Å². The van der Waals surface area contributed by atoms with E-state index in [0.29, 0.717) is 16.1 Å². The molecule has 0 radical (unpaired) electrons. The molecule has 6 heteroatoms. The molecule has 0 aliphatic carbocycles. The van der Waals surface area contributed by atoms with E-state index in [-0.39, 0.29) is 11.7 Å². The lowest BCUT2D eigenvalue weighted by atomic mass is 10.1. The first kappa shape index (κ1) is 17.8. The molecule has 1 atom stereocenters. The molecule has 132 valence electrons. The number of Topliss-reactive ketones (excluding diaryl/α,β-unsaturated/α-hetero) is 1. The van der Waals surface area contributed by atoms with Crippen molar-refractivity contribution in [3.63, 3.8) is 0 Å². The Morgan fingerprint density at radius 2 is 1.73 bits per heavy atom. The summed E-state index contributed by atoms with van der Waals surface area (Å²) >= 11 is 1.34. The molecule has 26 heavy (non-hydrogen) atoms. The Kier molecular flexibility index (Phi) is 5.14. The Balaban J connectivity index is 1.68. The summed E-state index contributed by atoms with van der Waals surface area (Å²) in [6, 6.07) is 15.9. The maximum atomic E-state index is 12.5. The molecule has 3 rings (SSSR count). The van der Waals surface area contributed by atoms with Gasteiger partial charge < -0.3 is 10.1 Å². The zero-order chi connectivity index (χ0) is 18.7. The molecule has 0 fully saturated rings. The highest BCUT2D eigenvalue weighted by molar-refractivity contribution is 7.20. The maximum absolute atomic E-state index is 12.5. The summed E-state index contributed by atoms with van der Waals surface area (Å²) in [6.45, 7) is 2.96. The summed E-state index contributed by atoms with van der Waals surface area (Å²) in [5.41, 5.74) is 1.01. The van der Waals surface area contributed by atoms with E-state index in [9.17, 15) is 14.4 Å². The first-order chi connectivity index (χ1) is 12.4. The van der Waals surface area contributed by atoms with Gasteiger partial charge in [0.1, 0.15) is 4.88 Å². The van der Waals surface area contributed by atoms with E-state index >= 15 is 0 Å². The summed E-state index contributed by atoms with van der Waals surface area (Å²) < 4.78 is 6.32. The van der Waals surface area contributed by atoms with Gasteiger partial charge in [-0.3, -0.25) is 9.59 Å². The molecule has 0 unspecified atom stereocenters. The van der Waals surface area contributed by atoms with Crippen LogP contribution in [0.1, 0.15) is 33.9 Å². The van der Waals surface area contributed by atoms with Crippen molar-refractivity contribution in [2.24, 2.45) is 0 Å². The number of benzene rings is 2. The van der Waals surface area contributed by atoms with Crippen molar-refractivity contribution in [1.82, 2.24) is 0 Å². The molecule has 1 N–H and O–H groups in total. The number of esters is 1. The number of thiophene rings is 1. The van der Waals surface area contributed by atoms with E-state index in [2.05, 4.69) is 5.32 Å². The lowest BCUT2D eigenvalue weighted by Crippen LogP contribution is -2.24. The Morgan fingerprint density at radius 1 is 1.04 bits per heavy atom. The normalized spacial score (nSPS) is 11.8. The monoisotopic (exact) mass is 367 g/mol. The highest BCUT2D eigenvalue weighted by atomic mass is 32.1. The van der Waals surface area contributed by atoms with Crippen molar-refractivity contribution < 1.29 is 19.1 Å². The third-order valence-corrected chi connectivity index (χ3v) is 4.87. The van der Waals surface area contributed by atoms with Crippen LogP contribution in [0.2, 0.25) is 0 Å². The molecule has 1 heterocycles. The van der Waals surface area contributed by atoms with Gasteiger partial charge in [0, 0.05) is 22.9 Å². The van der Waals surface area contributed by atoms with Gasteiger partial charge >= 0.3 is 5.97 Å². The van der Waals surface area contributed by atoms with Crippen LogP contribution >= 0.6 is 11.3 Å². The van der Waals surface area contributed by atoms with Crippen LogP contribution in [-0.4, -0.2) is 23.8 Å². The largest absolute Gasteiger partial charge is 0.450 e. The lowest BCUT2D eigenvalue weighted by molar-refractivity contribution is -0.114. The van der Waals surface area contributed by atoms with Crippen molar-refractivity contribution in [2.45, 2.75) is 20.0 Å². The van der Waals surface area contributed by atoms with Crippen LogP contribution in [0.4, 0.5) is 5.69 Å². The quantitative estimate of drug-likeness (QED) is 0.539. The molecule has 0 spiro atoms. The third kappa shape index (κ3) is 3.97. The standard InChI is InChI=1S/C20H17NO4S/c1-12(19(23)14-7-9-16(10-8-14)21-13(2)22)25-20(24)18-11-15-5-3-4-6-17(15)26-18/h3-12H,1-2H3,(H,21,22)/t12-/m1/s1. The van der Waals surface area contributed by atoms with Gasteiger partial charge in [0.15, 0.2) is 6.10 Å². The lowest BCUT2D eigenvalue weighted by Gasteiger charge is -2.12. The van der Waals surface area contributed by atoms with Crippen LogP contribution in [0.3, 0.4) is 0 Å². The van der Waals surface area contributed by atoms with Crippen LogP contribution < -0.4 is 5.32 Å². The maximum Gasteiger partial charge on any atom is 0.349 e. The number of hydrogen-bond donors (Lipinski definition) is 1. The van der Waals surface area contributed by atoms with Crippen LogP contribution in [0.25, 0.3) is 10.1 Å². The van der Waals surface area contributed by atoms with Crippen LogP contribution in [-0.2, 0) is 9.53 Å². The molecule has 5 nitrogen and oxygen atoms in total. The van der Waals surface area contributed by atoms with E-state index < -0.39 is 12.1 Å². The van der Waals surface area contributed by atoms with Crippen LogP contribution in [0.5, 0.6) is 0 Å². The fourth-order valence-corrected chi connectivity index (χ4v) is 3.46.